The zero-order valence-corrected chi connectivity index (χ0v) is 19.5. The Labute approximate surface area is 204 Å². The molecule has 182 valence electrons. The third-order valence-electron chi connectivity index (χ3n) is 7.22. The first-order valence-electron chi connectivity index (χ1n) is 12.3. The molecular formula is C28H30N2O5. The molecule has 3 aliphatic carbocycles. The molecule has 2 aromatic rings. The molecule has 0 aliphatic heterocycles. The largest absolute Gasteiger partial charge is 0.481 e. The standard InChI is InChI=1S/C28H30N2O5/c31-26(29-19-7-5-6-18(15-19)27(32)33)25(14-17-12-13-17)30-28(34)35-16-24-22-10-3-1-8-20(22)21-9-2-4-11-23(21)24/h1-5,7-11,17-19,24-25H,6,12-16H2,(H,29,31)(H,30,34)(H,32,33)/t18-,19-,25+/m1/s1. The zero-order valence-electron chi connectivity index (χ0n) is 19.5. The molecule has 3 N–H and O–H groups in total. The van der Waals surface area contributed by atoms with E-state index in [1.807, 2.05) is 30.3 Å². The summed E-state index contributed by atoms with van der Waals surface area (Å²) in [6, 6.07) is 15.2. The molecule has 5 rings (SSSR count). The van der Waals surface area contributed by atoms with Gasteiger partial charge in [-0.2, -0.15) is 0 Å². The van der Waals surface area contributed by atoms with Gasteiger partial charge in [0, 0.05) is 12.0 Å². The van der Waals surface area contributed by atoms with E-state index in [2.05, 4.69) is 34.9 Å². The maximum atomic E-state index is 13.0. The highest BCUT2D eigenvalue weighted by molar-refractivity contribution is 5.86. The molecule has 0 unspecified atom stereocenters. The van der Waals surface area contributed by atoms with Gasteiger partial charge in [0.1, 0.15) is 12.6 Å². The number of hydrogen-bond donors (Lipinski definition) is 3. The molecule has 0 heterocycles. The smallest absolute Gasteiger partial charge is 0.407 e. The quantitative estimate of drug-likeness (QED) is 0.497. The first-order valence-corrected chi connectivity index (χ1v) is 12.3. The number of carboxylic acid groups (broad SMARTS) is 1. The van der Waals surface area contributed by atoms with Gasteiger partial charge >= 0.3 is 12.1 Å². The van der Waals surface area contributed by atoms with Crippen LogP contribution >= 0.6 is 0 Å². The fourth-order valence-electron chi connectivity index (χ4n) is 5.18. The number of alkyl carbamates (subject to hydrolysis) is 1. The van der Waals surface area contributed by atoms with Crippen molar-refractivity contribution in [3.63, 3.8) is 0 Å². The van der Waals surface area contributed by atoms with Crippen LogP contribution < -0.4 is 10.6 Å². The molecule has 0 spiro atoms. The van der Waals surface area contributed by atoms with Crippen molar-refractivity contribution in [2.24, 2.45) is 11.8 Å². The van der Waals surface area contributed by atoms with Crippen molar-refractivity contribution in [3.05, 3.63) is 71.8 Å². The minimum absolute atomic E-state index is 0.0517. The van der Waals surface area contributed by atoms with E-state index < -0.39 is 24.0 Å². The molecular weight excluding hydrogens is 444 g/mol. The van der Waals surface area contributed by atoms with Gasteiger partial charge < -0.3 is 20.5 Å². The summed E-state index contributed by atoms with van der Waals surface area (Å²) in [7, 11) is 0. The summed E-state index contributed by atoms with van der Waals surface area (Å²) in [6.07, 6.45) is 6.45. The molecule has 2 amide bonds. The molecule has 3 aliphatic rings. The van der Waals surface area contributed by atoms with E-state index in [9.17, 15) is 19.5 Å². The molecule has 0 bridgehead atoms. The van der Waals surface area contributed by atoms with Crippen LogP contribution in [0.1, 0.15) is 49.1 Å². The minimum atomic E-state index is -0.861. The molecule has 0 radical (unpaired) electrons. The number of hydrogen-bond acceptors (Lipinski definition) is 4. The molecule has 7 heteroatoms. The number of carbonyl (C=O) groups is 3. The van der Waals surface area contributed by atoms with Crippen LogP contribution in [-0.2, 0) is 14.3 Å². The number of carboxylic acids is 1. The van der Waals surface area contributed by atoms with Crippen molar-refractivity contribution in [2.45, 2.75) is 50.1 Å². The zero-order chi connectivity index (χ0) is 24.4. The van der Waals surface area contributed by atoms with Gasteiger partial charge in [-0.25, -0.2) is 4.79 Å². The van der Waals surface area contributed by atoms with Crippen LogP contribution in [0.4, 0.5) is 4.79 Å². The van der Waals surface area contributed by atoms with Gasteiger partial charge in [-0.1, -0.05) is 73.5 Å². The normalized spacial score (nSPS) is 21.5. The number of amides is 2. The van der Waals surface area contributed by atoms with E-state index in [1.165, 1.54) is 0 Å². The van der Waals surface area contributed by atoms with Crippen LogP contribution in [0.2, 0.25) is 0 Å². The molecule has 1 fully saturated rings. The number of benzene rings is 2. The van der Waals surface area contributed by atoms with Crippen molar-refractivity contribution in [1.82, 2.24) is 10.6 Å². The minimum Gasteiger partial charge on any atom is -0.481 e. The first-order chi connectivity index (χ1) is 17.0. The summed E-state index contributed by atoms with van der Waals surface area (Å²) in [6.45, 7) is 0.184. The SMILES string of the molecule is O=C(N[C@@H](CC1CC1)C(=O)N[C@@H]1C=CC[C@@H](C(=O)O)C1)OCC1c2ccccc2-c2ccccc21. The highest BCUT2D eigenvalue weighted by Gasteiger charge is 2.34. The number of ether oxygens (including phenoxy) is 1. The predicted molar refractivity (Wildman–Crippen MR) is 131 cm³/mol. The predicted octanol–water partition coefficient (Wildman–Crippen LogP) is 4.23. The second-order valence-corrected chi connectivity index (χ2v) is 9.75. The summed E-state index contributed by atoms with van der Waals surface area (Å²) < 4.78 is 5.64. The molecule has 1 saturated carbocycles. The third-order valence-corrected chi connectivity index (χ3v) is 7.22. The maximum Gasteiger partial charge on any atom is 0.407 e. The Hall–Kier alpha value is -3.61. The highest BCUT2D eigenvalue weighted by Crippen LogP contribution is 2.44. The monoisotopic (exact) mass is 474 g/mol. The Morgan fingerprint density at radius 3 is 2.29 bits per heavy atom. The topological polar surface area (TPSA) is 105 Å². The van der Waals surface area contributed by atoms with Crippen molar-refractivity contribution >= 4 is 18.0 Å². The fourth-order valence-corrected chi connectivity index (χ4v) is 5.18. The average molecular weight is 475 g/mol. The maximum absolute atomic E-state index is 13.0. The summed E-state index contributed by atoms with van der Waals surface area (Å²) in [5, 5.41) is 15.0. The molecule has 35 heavy (non-hydrogen) atoms. The summed E-state index contributed by atoms with van der Waals surface area (Å²) in [4.78, 5) is 37.1. The second-order valence-electron chi connectivity index (χ2n) is 9.75. The van der Waals surface area contributed by atoms with E-state index in [-0.39, 0.29) is 24.5 Å². The Kier molecular flexibility index (Phi) is 6.57. The van der Waals surface area contributed by atoms with E-state index in [0.717, 1.165) is 35.1 Å². The van der Waals surface area contributed by atoms with Gasteiger partial charge in [-0.3, -0.25) is 9.59 Å². The lowest BCUT2D eigenvalue weighted by molar-refractivity contribution is -0.142. The van der Waals surface area contributed by atoms with Gasteiger partial charge in [0.05, 0.1) is 5.92 Å². The number of carbonyl (C=O) groups excluding carboxylic acids is 2. The molecule has 2 aromatic carbocycles. The Morgan fingerprint density at radius 1 is 1.00 bits per heavy atom. The van der Waals surface area contributed by atoms with Crippen molar-refractivity contribution < 1.29 is 24.2 Å². The average Bonchev–Trinajstić information content (AvgIpc) is 3.63. The number of aliphatic carboxylic acids is 1. The van der Waals surface area contributed by atoms with E-state index in [1.54, 1.807) is 6.08 Å². The van der Waals surface area contributed by atoms with Gasteiger partial charge in [-0.15, -0.1) is 0 Å². The van der Waals surface area contributed by atoms with Crippen LogP contribution in [0.5, 0.6) is 0 Å². The third kappa shape index (κ3) is 5.24. The molecule has 0 aromatic heterocycles. The van der Waals surface area contributed by atoms with Crippen LogP contribution in [0, 0.1) is 11.8 Å². The van der Waals surface area contributed by atoms with Crippen LogP contribution in [-0.4, -0.2) is 41.8 Å². The fraction of sp³-hybridized carbons (Fsp3) is 0.393. The molecule has 0 saturated heterocycles. The van der Waals surface area contributed by atoms with Crippen LogP contribution in [0.15, 0.2) is 60.7 Å². The Balaban J connectivity index is 1.21. The highest BCUT2D eigenvalue weighted by atomic mass is 16.5. The van der Waals surface area contributed by atoms with Gasteiger partial charge in [0.15, 0.2) is 0 Å². The van der Waals surface area contributed by atoms with Gasteiger partial charge in [-0.05, 0) is 47.4 Å². The molecule has 3 atom stereocenters. The Bertz CT molecular complexity index is 1110. The lowest BCUT2D eigenvalue weighted by atomic mass is 9.91. The summed E-state index contributed by atoms with van der Waals surface area (Å²) in [5.41, 5.74) is 4.57. The molecule has 7 nitrogen and oxygen atoms in total. The van der Waals surface area contributed by atoms with Crippen LogP contribution in [0.3, 0.4) is 0 Å². The lowest BCUT2D eigenvalue weighted by Crippen LogP contribution is -2.50. The lowest BCUT2D eigenvalue weighted by Gasteiger charge is -2.26. The number of nitrogens with one attached hydrogen (secondary N) is 2. The van der Waals surface area contributed by atoms with Crippen LogP contribution in [0.25, 0.3) is 11.1 Å². The summed E-state index contributed by atoms with van der Waals surface area (Å²) in [5.74, 6) is -1.31. The van der Waals surface area contributed by atoms with Crippen molar-refractivity contribution in [1.29, 1.82) is 0 Å². The van der Waals surface area contributed by atoms with Gasteiger partial charge in [0.2, 0.25) is 5.91 Å². The van der Waals surface area contributed by atoms with Crippen molar-refractivity contribution in [2.75, 3.05) is 6.61 Å². The second kappa shape index (κ2) is 9.94. The number of allylic oxidation sites excluding steroid dienone is 1. The summed E-state index contributed by atoms with van der Waals surface area (Å²) >= 11 is 0. The number of fused-ring (bicyclic) bond motifs is 3. The number of rotatable bonds is 8. The Morgan fingerprint density at radius 2 is 1.66 bits per heavy atom. The van der Waals surface area contributed by atoms with E-state index in [0.29, 0.717) is 25.2 Å². The van der Waals surface area contributed by atoms with E-state index in [4.69, 9.17) is 4.74 Å². The first kappa shape index (κ1) is 23.1. The van der Waals surface area contributed by atoms with Crippen molar-refractivity contribution in [3.8, 4) is 11.1 Å². The van der Waals surface area contributed by atoms with E-state index >= 15 is 0 Å². The van der Waals surface area contributed by atoms with Gasteiger partial charge in [0.25, 0.3) is 0 Å².